The maximum Gasteiger partial charge on any atom is 0.134 e. The van der Waals surface area contributed by atoms with Crippen LogP contribution in [0.3, 0.4) is 0 Å². The van der Waals surface area contributed by atoms with Gasteiger partial charge in [0.05, 0.1) is 7.11 Å². The van der Waals surface area contributed by atoms with Crippen molar-refractivity contribution in [2.75, 3.05) is 12.4 Å². The standard InChI is InChI=1S/C16H22N2O/c1-11(16(2,3)4)18-15-14-7-6-13(19-5)10-12(14)8-9-17-15/h6-11H,1-5H3,(H,17,18). The average Bonchev–Trinajstić information content (AvgIpc) is 2.37. The van der Waals surface area contributed by atoms with Crippen LogP contribution in [0.2, 0.25) is 0 Å². The van der Waals surface area contributed by atoms with Crippen molar-refractivity contribution in [1.82, 2.24) is 4.98 Å². The van der Waals surface area contributed by atoms with Gasteiger partial charge in [-0.25, -0.2) is 4.98 Å². The molecule has 1 atom stereocenters. The molecule has 1 heterocycles. The van der Waals surface area contributed by atoms with Crippen molar-refractivity contribution in [3.8, 4) is 5.75 Å². The van der Waals surface area contributed by atoms with E-state index >= 15 is 0 Å². The van der Waals surface area contributed by atoms with Gasteiger partial charge in [-0.2, -0.15) is 0 Å². The number of hydrogen-bond donors (Lipinski definition) is 1. The highest BCUT2D eigenvalue weighted by Crippen LogP contribution is 2.28. The molecule has 102 valence electrons. The zero-order chi connectivity index (χ0) is 14.0. The maximum absolute atomic E-state index is 5.26. The third kappa shape index (κ3) is 2.98. The summed E-state index contributed by atoms with van der Waals surface area (Å²) >= 11 is 0. The molecule has 1 N–H and O–H groups in total. The predicted molar refractivity (Wildman–Crippen MR) is 80.8 cm³/mol. The molecule has 0 spiro atoms. The Balaban J connectivity index is 2.39. The number of aromatic nitrogens is 1. The minimum absolute atomic E-state index is 0.191. The molecule has 0 saturated heterocycles. The SMILES string of the molecule is COc1ccc2c(NC(C)C(C)(C)C)nccc2c1. The largest absolute Gasteiger partial charge is 0.497 e. The lowest BCUT2D eigenvalue weighted by Gasteiger charge is -2.29. The van der Waals surface area contributed by atoms with E-state index in [9.17, 15) is 0 Å². The number of fused-ring (bicyclic) bond motifs is 1. The van der Waals surface area contributed by atoms with Gasteiger partial charge >= 0.3 is 0 Å². The molecule has 2 rings (SSSR count). The molecule has 0 saturated carbocycles. The lowest BCUT2D eigenvalue weighted by Crippen LogP contribution is -2.31. The van der Waals surface area contributed by atoms with Crippen LogP contribution >= 0.6 is 0 Å². The summed E-state index contributed by atoms with van der Waals surface area (Å²) in [4.78, 5) is 4.46. The van der Waals surface area contributed by atoms with Crippen molar-refractivity contribution < 1.29 is 4.74 Å². The molecular formula is C16H22N2O. The van der Waals surface area contributed by atoms with E-state index in [2.05, 4.69) is 44.1 Å². The van der Waals surface area contributed by atoms with Gasteiger partial charge in [0.15, 0.2) is 0 Å². The Morgan fingerprint density at radius 3 is 2.58 bits per heavy atom. The molecule has 1 unspecified atom stereocenters. The highest BCUT2D eigenvalue weighted by molar-refractivity contribution is 5.92. The molecule has 19 heavy (non-hydrogen) atoms. The van der Waals surface area contributed by atoms with E-state index in [0.717, 1.165) is 22.3 Å². The lowest BCUT2D eigenvalue weighted by molar-refractivity contribution is 0.359. The Morgan fingerprint density at radius 1 is 1.21 bits per heavy atom. The van der Waals surface area contributed by atoms with Gasteiger partial charge in [0.2, 0.25) is 0 Å². The summed E-state index contributed by atoms with van der Waals surface area (Å²) < 4.78 is 5.26. The number of ether oxygens (including phenoxy) is 1. The Kier molecular flexibility index (Phi) is 3.65. The Bertz CT molecular complexity index is 572. The fourth-order valence-corrected chi connectivity index (χ4v) is 1.82. The van der Waals surface area contributed by atoms with Crippen molar-refractivity contribution in [3.63, 3.8) is 0 Å². The van der Waals surface area contributed by atoms with Gasteiger partial charge in [-0.3, -0.25) is 0 Å². The fraction of sp³-hybridized carbons (Fsp3) is 0.438. The van der Waals surface area contributed by atoms with Gasteiger partial charge in [-0.1, -0.05) is 20.8 Å². The fourth-order valence-electron chi connectivity index (χ4n) is 1.82. The first-order valence-corrected chi connectivity index (χ1v) is 6.61. The molecule has 0 radical (unpaired) electrons. The minimum Gasteiger partial charge on any atom is -0.497 e. The number of pyridine rings is 1. The zero-order valence-corrected chi connectivity index (χ0v) is 12.3. The molecule has 0 aliphatic carbocycles. The van der Waals surface area contributed by atoms with Crippen LogP contribution in [0, 0.1) is 5.41 Å². The van der Waals surface area contributed by atoms with Crippen LogP contribution in [0.5, 0.6) is 5.75 Å². The van der Waals surface area contributed by atoms with Crippen LogP contribution in [-0.2, 0) is 0 Å². The molecule has 0 amide bonds. The van der Waals surface area contributed by atoms with Crippen molar-refractivity contribution in [2.45, 2.75) is 33.7 Å². The molecule has 2 aromatic rings. The predicted octanol–water partition coefficient (Wildman–Crippen LogP) is 4.09. The Hall–Kier alpha value is -1.77. The molecule has 0 aliphatic heterocycles. The number of anilines is 1. The van der Waals surface area contributed by atoms with Crippen molar-refractivity contribution in [2.24, 2.45) is 5.41 Å². The number of hydrogen-bond acceptors (Lipinski definition) is 3. The van der Waals surface area contributed by atoms with Gasteiger partial charge in [0, 0.05) is 17.6 Å². The van der Waals surface area contributed by atoms with E-state index in [0.29, 0.717) is 6.04 Å². The van der Waals surface area contributed by atoms with Crippen LogP contribution in [0.1, 0.15) is 27.7 Å². The number of benzene rings is 1. The van der Waals surface area contributed by atoms with Crippen molar-refractivity contribution >= 4 is 16.6 Å². The number of rotatable bonds is 3. The van der Waals surface area contributed by atoms with E-state index in [1.165, 1.54) is 0 Å². The summed E-state index contributed by atoms with van der Waals surface area (Å²) in [5, 5.41) is 5.77. The molecule has 1 aromatic carbocycles. The van der Waals surface area contributed by atoms with E-state index in [-0.39, 0.29) is 5.41 Å². The quantitative estimate of drug-likeness (QED) is 0.900. The lowest BCUT2D eigenvalue weighted by atomic mass is 9.88. The first-order valence-electron chi connectivity index (χ1n) is 6.61. The number of methoxy groups -OCH3 is 1. The Morgan fingerprint density at radius 2 is 1.95 bits per heavy atom. The maximum atomic E-state index is 5.26. The van der Waals surface area contributed by atoms with Gasteiger partial charge in [0.25, 0.3) is 0 Å². The molecule has 3 nitrogen and oxygen atoms in total. The summed E-state index contributed by atoms with van der Waals surface area (Å²) in [6.45, 7) is 8.85. The monoisotopic (exact) mass is 258 g/mol. The van der Waals surface area contributed by atoms with E-state index in [1.54, 1.807) is 7.11 Å². The van der Waals surface area contributed by atoms with Crippen LogP contribution < -0.4 is 10.1 Å². The Labute approximate surface area is 115 Å². The van der Waals surface area contributed by atoms with Crippen LogP contribution in [0.15, 0.2) is 30.5 Å². The van der Waals surface area contributed by atoms with Gasteiger partial charge in [0.1, 0.15) is 11.6 Å². The molecule has 3 heteroatoms. The third-order valence-corrected chi connectivity index (χ3v) is 3.62. The van der Waals surface area contributed by atoms with Crippen molar-refractivity contribution in [1.29, 1.82) is 0 Å². The van der Waals surface area contributed by atoms with Crippen LogP contribution in [-0.4, -0.2) is 18.1 Å². The summed E-state index contributed by atoms with van der Waals surface area (Å²) in [7, 11) is 1.68. The van der Waals surface area contributed by atoms with Crippen LogP contribution in [0.25, 0.3) is 10.8 Å². The smallest absolute Gasteiger partial charge is 0.134 e. The molecule has 0 aliphatic rings. The second-order valence-electron chi connectivity index (χ2n) is 5.98. The highest BCUT2D eigenvalue weighted by Gasteiger charge is 2.20. The third-order valence-electron chi connectivity index (χ3n) is 3.62. The summed E-state index contributed by atoms with van der Waals surface area (Å²) in [5.74, 6) is 1.80. The normalized spacial score (nSPS) is 13.3. The van der Waals surface area contributed by atoms with Crippen LogP contribution in [0.4, 0.5) is 5.82 Å². The van der Waals surface area contributed by atoms with Gasteiger partial charge < -0.3 is 10.1 Å². The molecule has 0 bridgehead atoms. The van der Waals surface area contributed by atoms with Gasteiger partial charge in [-0.15, -0.1) is 0 Å². The second kappa shape index (κ2) is 5.08. The zero-order valence-electron chi connectivity index (χ0n) is 12.3. The molecule has 1 aromatic heterocycles. The topological polar surface area (TPSA) is 34.1 Å². The average molecular weight is 258 g/mol. The van der Waals surface area contributed by atoms with E-state index in [4.69, 9.17) is 4.74 Å². The number of nitrogens with one attached hydrogen (secondary N) is 1. The molecular weight excluding hydrogens is 236 g/mol. The summed E-state index contributed by atoms with van der Waals surface area (Å²) in [5.41, 5.74) is 0.191. The molecule has 0 fully saturated rings. The highest BCUT2D eigenvalue weighted by atomic mass is 16.5. The second-order valence-corrected chi connectivity index (χ2v) is 5.98. The first kappa shape index (κ1) is 13.7. The van der Waals surface area contributed by atoms with E-state index < -0.39 is 0 Å². The van der Waals surface area contributed by atoms with Crippen molar-refractivity contribution in [3.05, 3.63) is 30.5 Å². The van der Waals surface area contributed by atoms with Gasteiger partial charge in [-0.05, 0) is 42.0 Å². The summed E-state index contributed by atoms with van der Waals surface area (Å²) in [6.07, 6.45) is 1.83. The summed E-state index contributed by atoms with van der Waals surface area (Å²) in [6, 6.07) is 8.40. The minimum atomic E-state index is 0.191. The number of nitrogens with zero attached hydrogens (tertiary/aromatic N) is 1. The van der Waals surface area contributed by atoms with E-state index in [1.807, 2.05) is 24.4 Å². The first-order chi connectivity index (χ1) is 8.91.